The van der Waals surface area contributed by atoms with Crippen molar-refractivity contribution in [3.05, 3.63) is 42.2 Å². The van der Waals surface area contributed by atoms with Gasteiger partial charge in [-0.05, 0) is 54.8 Å². The molecule has 21 heavy (non-hydrogen) atoms. The zero-order valence-electron chi connectivity index (χ0n) is 12.2. The zero-order chi connectivity index (χ0) is 14.5. The number of ether oxygens (including phenoxy) is 2. The van der Waals surface area contributed by atoms with Gasteiger partial charge in [-0.3, -0.25) is 4.98 Å². The van der Waals surface area contributed by atoms with Crippen molar-refractivity contribution in [1.82, 2.24) is 4.98 Å². The topological polar surface area (TPSA) is 31.4 Å². The van der Waals surface area contributed by atoms with E-state index in [9.17, 15) is 0 Å². The highest BCUT2D eigenvalue weighted by molar-refractivity contribution is 7.99. The SMILES string of the molecule is CCOCOc1cnccc1-c1ccc2c(c1)CCCS2. The molecule has 0 saturated heterocycles. The number of pyridine rings is 1. The Morgan fingerprint density at radius 2 is 2.24 bits per heavy atom. The maximum atomic E-state index is 5.69. The smallest absolute Gasteiger partial charge is 0.189 e. The molecule has 1 aromatic carbocycles. The van der Waals surface area contributed by atoms with Crippen molar-refractivity contribution in [2.24, 2.45) is 0 Å². The molecule has 2 heterocycles. The van der Waals surface area contributed by atoms with Gasteiger partial charge in [0.05, 0.1) is 6.20 Å². The molecule has 0 spiro atoms. The first-order valence-electron chi connectivity index (χ1n) is 7.29. The van der Waals surface area contributed by atoms with E-state index in [1.165, 1.54) is 28.2 Å². The Kier molecular flexibility index (Phi) is 4.78. The summed E-state index contributed by atoms with van der Waals surface area (Å²) in [5.41, 5.74) is 3.70. The molecular formula is C17H19NO2S. The number of fused-ring (bicyclic) bond motifs is 1. The summed E-state index contributed by atoms with van der Waals surface area (Å²) in [6, 6.07) is 8.67. The first-order valence-corrected chi connectivity index (χ1v) is 8.27. The lowest BCUT2D eigenvalue weighted by molar-refractivity contribution is 0.0225. The summed E-state index contributed by atoms with van der Waals surface area (Å²) in [6.45, 7) is 2.86. The van der Waals surface area contributed by atoms with Crippen molar-refractivity contribution < 1.29 is 9.47 Å². The predicted octanol–water partition coefficient (Wildman–Crippen LogP) is 4.16. The van der Waals surface area contributed by atoms with Crippen molar-refractivity contribution >= 4 is 11.8 Å². The third-order valence-electron chi connectivity index (χ3n) is 3.51. The summed E-state index contributed by atoms with van der Waals surface area (Å²) in [4.78, 5) is 5.57. The van der Waals surface area contributed by atoms with E-state index in [1.54, 1.807) is 12.4 Å². The lowest BCUT2D eigenvalue weighted by Gasteiger charge is -2.17. The summed E-state index contributed by atoms with van der Waals surface area (Å²) in [7, 11) is 0. The van der Waals surface area contributed by atoms with Crippen LogP contribution in [0.1, 0.15) is 18.9 Å². The molecule has 0 aliphatic carbocycles. The second-order valence-corrected chi connectivity index (χ2v) is 6.04. The van der Waals surface area contributed by atoms with E-state index in [1.807, 2.05) is 24.8 Å². The van der Waals surface area contributed by atoms with Crippen LogP contribution in [0.4, 0.5) is 0 Å². The molecule has 0 fully saturated rings. The fourth-order valence-electron chi connectivity index (χ4n) is 2.45. The Balaban J connectivity index is 1.89. The Bertz CT molecular complexity index is 615. The molecule has 1 aliphatic rings. The molecule has 1 aliphatic heterocycles. The number of aromatic nitrogens is 1. The van der Waals surface area contributed by atoms with E-state index >= 15 is 0 Å². The summed E-state index contributed by atoms with van der Waals surface area (Å²) in [5, 5.41) is 0. The minimum absolute atomic E-state index is 0.260. The van der Waals surface area contributed by atoms with E-state index in [0.29, 0.717) is 6.61 Å². The van der Waals surface area contributed by atoms with Gasteiger partial charge in [-0.15, -0.1) is 11.8 Å². The van der Waals surface area contributed by atoms with Gasteiger partial charge in [0.1, 0.15) is 5.75 Å². The van der Waals surface area contributed by atoms with Crippen molar-refractivity contribution in [3.8, 4) is 16.9 Å². The standard InChI is InChI=1S/C17H19NO2S/c1-2-19-12-20-16-11-18-8-7-15(16)13-5-6-17-14(10-13)4-3-9-21-17/h5-8,10-11H,2-4,9,12H2,1H3. The minimum atomic E-state index is 0.260. The molecule has 3 nitrogen and oxygen atoms in total. The summed E-state index contributed by atoms with van der Waals surface area (Å²) in [5.74, 6) is 2.00. The van der Waals surface area contributed by atoms with Crippen LogP contribution in [0.25, 0.3) is 11.1 Å². The van der Waals surface area contributed by atoms with Crippen molar-refractivity contribution in [3.63, 3.8) is 0 Å². The number of rotatable bonds is 5. The number of hydrogen-bond acceptors (Lipinski definition) is 4. The zero-order valence-corrected chi connectivity index (χ0v) is 13.0. The van der Waals surface area contributed by atoms with Crippen LogP contribution in [-0.2, 0) is 11.2 Å². The number of thioether (sulfide) groups is 1. The Morgan fingerprint density at radius 3 is 3.14 bits per heavy atom. The molecule has 0 amide bonds. The lowest BCUT2D eigenvalue weighted by atomic mass is 10.0. The van der Waals surface area contributed by atoms with Crippen molar-refractivity contribution in [2.75, 3.05) is 19.2 Å². The van der Waals surface area contributed by atoms with Crippen molar-refractivity contribution in [2.45, 2.75) is 24.7 Å². The van der Waals surface area contributed by atoms with Gasteiger partial charge >= 0.3 is 0 Å². The van der Waals surface area contributed by atoms with Crippen molar-refractivity contribution in [1.29, 1.82) is 0 Å². The molecule has 1 aromatic heterocycles. The van der Waals surface area contributed by atoms with Crippen LogP contribution in [0.3, 0.4) is 0 Å². The predicted molar refractivity (Wildman–Crippen MR) is 85.8 cm³/mol. The normalized spacial score (nSPS) is 13.8. The van der Waals surface area contributed by atoms with E-state index < -0.39 is 0 Å². The molecule has 4 heteroatoms. The van der Waals surface area contributed by atoms with Gasteiger partial charge in [-0.1, -0.05) is 6.07 Å². The molecule has 3 rings (SSSR count). The lowest BCUT2D eigenvalue weighted by Crippen LogP contribution is -2.03. The van der Waals surface area contributed by atoms with E-state index in [-0.39, 0.29) is 6.79 Å². The van der Waals surface area contributed by atoms with Gasteiger partial charge in [-0.2, -0.15) is 0 Å². The summed E-state index contributed by atoms with van der Waals surface area (Å²) >= 11 is 1.95. The first kappa shape index (κ1) is 14.4. The highest BCUT2D eigenvalue weighted by Crippen LogP contribution is 2.35. The molecule has 0 radical (unpaired) electrons. The third kappa shape index (κ3) is 3.39. The van der Waals surface area contributed by atoms with E-state index in [4.69, 9.17) is 9.47 Å². The van der Waals surface area contributed by atoms with Gasteiger partial charge in [0.15, 0.2) is 6.79 Å². The quantitative estimate of drug-likeness (QED) is 0.613. The maximum absolute atomic E-state index is 5.69. The Hall–Kier alpha value is -1.52. The van der Waals surface area contributed by atoms with Crippen LogP contribution in [0, 0.1) is 0 Å². The van der Waals surface area contributed by atoms with Gasteiger partial charge < -0.3 is 9.47 Å². The number of aryl methyl sites for hydroxylation is 1. The maximum Gasteiger partial charge on any atom is 0.189 e. The third-order valence-corrected chi connectivity index (χ3v) is 4.71. The molecule has 0 N–H and O–H groups in total. The average molecular weight is 301 g/mol. The van der Waals surface area contributed by atoms with E-state index in [2.05, 4.69) is 23.2 Å². The molecule has 0 saturated carbocycles. The van der Waals surface area contributed by atoms with Crippen LogP contribution < -0.4 is 4.74 Å². The van der Waals surface area contributed by atoms with Gasteiger partial charge in [0.25, 0.3) is 0 Å². The Labute approximate surface area is 129 Å². The highest BCUT2D eigenvalue weighted by atomic mass is 32.2. The van der Waals surface area contributed by atoms with Crippen LogP contribution in [0.2, 0.25) is 0 Å². The summed E-state index contributed by atoms with van der Waals surface area (Å²) in [6.07, 6.45) is 5.97. The highest BCUT2D eigenvalue weighted by Gasteiger charge is 2.13. The van der Waals surface area contributed by atoms with Crippen LogP contribution in [0.5, 0.6) is 5.75 Å². The minimum Gasteiger partial charge on any atom is -0.465 e. The fourth-order valence-corrected chi connectivity index (χ4v) is 3.47. The monoisotopic (exact) mass is 301 g/mol. The molecule has 0 unspecified atom stereocenters. The van der Waals surface area contributed by atoms with Gasteiger partial charge in [0.2, 0.25) is 0 Å². The van der Waals surface area contributed by atoms with Gasteiger partial charge in [0, 0.05) is 23.3 Å². The Morgan fingerprint density at radius 1 is 1.29 bits per heavy atom. The number of hydrogen-bond donors (Lipinski definition) is 0. The number of benzene rings is 1. The van der Waals surface area contributed by atoms with E-state index in [0.717, 1.165) is 17.7 Å². The molecule has 110 valence electrons. The first-order chi connectivity index (χ1) is 10.4. The van der Waals surface area contributed by atoms with Gasteiger partial charge in [-0.25, -0.2) is 0 Å². The molecular weight excluding hydrogens is 282 g/mol. The van der Waals surface area contributed by atoms with Crippen LogP contribution in [-0.4, -0.2) is 24.1 Å². The van der Waals surface area contributed by atoms with Crippen LogP contribution in [0.15, 0.2) is 41.6 Å². The largest absolute Gasteiger partial charge is 0.465 e. The number of nitrogens with zero attached hydrogens (tertiary/aromatic N) is 1. The molecule has 2 aromatic rings. The van der Waals surface area contributed by atoms with Crippen LogP contribution >= 0.6 is 11.8 Å². The fraction of sp³-hybridized carbons (Fsp3) is 0.353. The molecule has 0 bridgehead atoms. The second-order valence-electron chi connectivity index (χ2n) is 4.90. The molecule has 0 atom stereocenters. The second kappa shape index (κ2) is 6.96. The summed E-state index contributed by atoms with van der Waals surface area (Å²) < 4.78 is 11.0. The average Bonchev–Trinajstić information content (AvgIpc) is 2.55.